The van der Waals surface area contributed by atoms with Gasteiger partial charge in [0, 0.05) is 41.7 Å². The number of aliphatic hydroxyl groups excluding tert-OH is 1. The molecule has 2 aromatic rings. The van der Waals surface area contributed by atoms with E-state index in [2.05, 4.69) is 0 Å². The van der Waals surface area contributed by atoms with E-state index in [0.29, 0.717) is 16.0 Å². The molecule has 1 saturated heterocycles. The number of non-ortho nitro benzene ring substituents is 2. The quantitative estimate of drug-likeness (QED) is 0.138. The summed E-state index contributed by atoms with van der Waals surface area (Å²) in [6.07, 6.45) is 0.503. The fourth-order valence-electron chi connectivity index (χ4n) is 4.35. The van der Waals surface area contributed by atoms with Crippen molar-refractivity contribution in [3.05, 3.63) is 102 Å². The molecule has 0 aromatic heterocycles. The number of aliphatic hydroxyl groups is 1. The van der Waals surface area contributed by atoms with Gasteiger partial charge in [-0.1, -0.05) is 11.8 Å². The molecular formula is C26H23N3O10S. The highest BCUT2D eigenvalue weighted by Gasteiger charge is 2.57. The van der Waals surface area contributed by atoms with Crippen molar-refractivity contribution in [2.45, 2.75) is 38.7 Å². The van der Waals surface area contributed by atoms with Gasteiger partial charge < -0.3 is 19.5 Å². The van der Waals surface area contributed by atoms with Gasteiger partial charge in [-0.2, -0.15) is 0 Å². The molecule has 208 valence electrons. The normalized spacial score (nSPS) is 18.8. The number of fused-ring (bicyclic) bond motifs is 1. The predicted molar refractivity (Wildman–Crippen MR) is 140 cm³/mol. The van der Waals surface area contributed by atoms with Crippen LogP contribution >= 0.6 is 11.8 Å². The molecule has 1 amide bonds. The number of hydrogen-bond donors (Lipinski definition) is 1. The molecule has 13 nitrogen and oxygen atoms in total. The molecule has 2 aliphatic rings. The van der Waals surface area contributed by atoms with Crippen molar-refractivity contribution >= 4 is 41.0 Å². The van der Waals surface area contributed by atoms with Gasteiger partial charge in [0.1, 0.15) is 18.9 Å². The number of benzene rings is 2. The molecule has 0 spiro atoms. The molecule has 0 radical (unpaired) electrons. The third kappa shape index (κ3) is 6.18. The summed E-state index contributed by atoms with van der Waals surface area (Å²) in [5.41, 5.74) is 0.893. The van der Waals surface area contributed by atoms with Crippen LogP contribution < -0.4 is 0 Å². The third-order valence-corrected chi connectivity index (χ3v) is 7.26. The van der Waals surface area contributed by atoms with Gasteiger partial charge in [0.05, 0.1) is 27.9 Å². The lowest BCUT2D eigenvalue weighted by molar-refractivity contribution is -0.385. The van der Waals surface area contributed by atoms with Gasteiger partial charge in [0.15, 0.2) is 0 Å². The number of nitro benzene ring substituents is 2. The van der Waals surface area contributed by atoms with Crippen LogP contribution in [0.15, 0.2) is 70.6 Å². The average molecular weight is 570 g/mol. The highest BCUT2D eigenvalue weighted by atomic mass is 32.2. The number of hydrogen-bond acceptors (Lipinski definition) is 11. The lowest BCUT2D eigenvalue weighted by Gasteiger charge is -2.44. The van der Waals surface area contributed by atoms with Crippen LogP contribution in [-0.4, -0.2) is 49.8 Å². The molecule has 2 heterocycles. The molecule has 1 N–H and O–H groups in total. The SMILES string of the molecule is C[C@H](O)[C@@H]1C(=O)N2C(C(=O)OCc3ccc([N+](=O)[O-])cc3)=C(SC=CC(=O)OCc3ccc([N+](=O)[O-])cc3)C[C@H]12. The molecule has 0 saturated carbocycles. The van der Waals surface area contributed by atoms with E-state index in [1.54, 1.807) is 0 Å². The van der Waals surface area contributed by atoms with E-state index in [1.165, 1.54) is 65.8 Å². The number of amides is 1. The highest BCUT2D eigenvalue weighted by molar-refractivity contribution is 8.05. The Morgan fingerprint density at radius 1 is 1.02 bits per heavy atom. The first-order chi connectivity index (χ1) is 19.1. The number of β-lactam (4-membered cyclic amide) rings is 1. The van der Waals surface area contributed by atoms with Crippen molar-refractivity contribution in [1.29, 1.82) is 0 Å². The van der Waals surface area contributed by atoms with E-state index >= 15 is 0 Å². The van der Waals surface area contributed by atoms with Gasteiger partial charge in [-0.25, -0.2) is 9.59 Å². The minimum Gasteiger partial charge on any atom is -0.458 e. The Bertz CT molecular complexity index is 1400. The van der Waals surface area contributed by atoms with Gasteiger partial charge >= 0.3 is 11.9 Å². The first-order valence-corrected chi connectivity index (χ1v) is 12.8. The standard InChI is InChI=1S/C26H23N3O10S/c1-15(30)23-20-12-21(40-11-10-22(31)38-13-16-2-6-18(7-3-16)28(34)35)24(27(20)25(23)32)26(33)39-14-17-4-8-19(9-5-17)29(36)37/h2-11,15,20,23,30H,12-14H2,1H3/t15-,20+,23-/m0/s1. The van der Waals surface area contributed by atoms with Crippen molar-refractivity contribution in [2.75, 3.05) is 0 Å². The second-order valence-electron chi connectivity index (χ2n) is 8.97. The van der Waals surface area contributed by atoms with Crippen molar-refractivity contribution < 1.29 is 38.8 Å². The summed E-state index contributed by atoms with van der Waals surface area (Å²) >= 11 is 1.04. The van der Waals surface area contributed by atoms with Crippen molar-refractivity contribution in [1.82, 2.24) is 4.90 Å². The van der Waals surface area contributed by atoms with Crippen LogP contribution in [0.1, 0.15) is 24.5 Å². The van der Waals surface area contributed by atoms with Crippen LogP contribution in [-0.2, 0) is 37.1 Å². The summed E-state index contributed by atoms with van der Waals surface area (Å²) in [6, 6.07) is 10.6. The molecule has 40 heavy (non-hydrogen) atoms. The first kappa shape index (κ1) is 28.4. The largest absolute Gasteiger partial charge is 0.458 e. The minimum atomic E-state index is -0.916. The Hall–Kier alpha value is -4.56. The zero-order valence-corrected chi connectivity index (χ0v) is 21.8. The maximum Gasteiger partial charge on any atom is 0.356 e. The van der Waals surface area contributed by atoms with Crippen LogP contribution in [0.5, 0.6) is 0 Å². The lowest BCUT2D eigenvalue weighted by Crippen LogP contribution is -2.61. The molecule has 3 atom stereocenters. The van der Waals surface area contributed by atoms with E-state index in [4.69, 9.17) is 9.47 Å². The van der Waals surface area contributed by atoms with Crippen molar-refractivity contribution in [2.24, 2.45) is 5.92 Å². The van der Waals surface area contributed by atoms with Gasteiger partial charge in [-0.05, 0) is 47.7 Å². The van der Waals surface area contributed by atoms with Crippen LogP contribution in [0.25, 0.3) is 0 Å². The van der Waals surface area contributed by atoms with Gasteiger partial charge in [-0.3, -0.25) is 25.0 Å². The summed E-state index contributed by atoms with van der Waals surface area (Å²) in [7, 11) is 0. The minimum absolute atomic E-state index is 0.0164. The van der Waals surface area contributed by atoms with Crippen LogP contribution in [0.2, 0.25) is 0 Å². The van der Waals surface area contributed by atoms with Gasteiger partial charge in [0.2, 0.25) is 5.91 Å². The molecule has 0 unspecified atom stereocenters. The average Bonchev–Trinajstić information content (AvgIpc) is 3.24. The second-order valence-corrected chi connectivity index (χ2v) is 9.97. The second kappa shape index (κ2) is 12.1. The monoisotopic (exact) mass is 569 g/mol. The molecular weight excluding hydrogens is 546 g/mol. The number of ether oxygens (including phenoxy) is 2. The Balaban J connectivity index is 1.40. The van der Waals surface area contributed by atoms with E-state index in [9.17, 15) is 39.7 Å². The van der Waals surface area contributed by atoms with Crippen molar-refractivity contribution in [3.63, 3.8) is 0 Å². The molecule has 14 heteroatoms. The molecule has 0 aliphatic carbocycles. The Labute approximate surface area is 231 Å². The summed E-state index contributed by atoms with van der Waals surface area (Å²) < 4.78 is 10.5. The smallest absolute Gasteiger partial charge is 0.356 e. The van der Waals surface area contributed by atoms with Crippen LogP contribution in [0.4, 0.5) is 11.4 Å². The number of esters is 2. The zero-order valence-electron chi connectivity index (χ0n) is 21.0. The predicted octanol–water partition coefficient (Wildman–Crippen LogP) is 3.36. The number of nitrogens with zero attached hydrogens (tertiary/aromatic N) is 3. The van der Waals surface area contributed by atoms with E-state index in [0.717, 1.165) is 17.8 Å². The topological polar surface area (TPSA) is 179 Å². The Morgan fingerprint density at radius 2 is 1.55 bits per heavy atom. The number of rotatable bonds is 11. The number of carbonyl (C=O) groups is 3. The van der Waals surface area contributed by atoms with E-state index < -0.39 is 45.8 Å². The number of thioether (sulfide) groups is 1. The molecule has 4 rings (SSSR count). The molecule has 2 aromatic carbocycles. The third-order valence-electron chi connectivity index (χ3n) is 6.34. The highest BCUT2D eigenvalue weighted by Crippen LogP contribution is 2.47. The fourth-order valence-corrected chi connectivity index (χ4v) is 5.25. The van der Waals surface area contributed by atoms with Gasteiger partial charge in [-0.15, -0.1) is 0 Å². The Morgan fingerprint density at radius 3 is 2.05 bits per heavy atom. The Kier molecular flexibility index (Phi) is 8.60. The number of carbonyl (C=O) groups excluding carboxylic acids is 3. The zero-order chi connectivity index (χ0) is 29.0. The number of nitro groups is 2. The van der Waals surface area contributed by atoms with Gasteiger partial charge in [0.25, 0.3) is 11.4 Å². The lowest BCUT2D eigenvalue weighted by atomic mass is 9.83. The maximum atomic E-state index is 13.0. The summed E-state index contributed by atoms with van der Waals surface area (Å²) in [6.45, 7) is 1.21. The fraction of sp³-hybridized carbons (Fsp3) is 0.269. The van der Waals surface area contributed by atoms with Crippen LogP contribution in [0.3, 0.4) is 0 Å². The molecule has 2 aliphatic heterocycles. The van der Waals surface area contributed by atoms with Crippen molar-refractivity contribution in [3.8, 4) is 0 Å². The molecule has 1 fully saturated rings. The van der Waals surface area contributed by atoms with Crippen LogP contribution in [0, 0.1) is 26.1 Å². The maximum absolute atomic E-state index is 13.0. The molecule has 0 bridgehead atoms. The van der Waals surface area contributed by atoms with E-state index in [1.807, 2.05) is 0 Å². The first-order valence-electron chi connectivity index (χ1n) is 11.9. The van der Waals surface area contributed by atoms with E-state index in [-0.39, 0.29) is 36.7 Å². The summed E-state index contributed by atoms with van der Waals surface area (Å²) in [5.74, 6) is -2.56. The summed E-state index contributed by atoms with van der Waals surface area (Å²) in [4.78, 5) is 60.1. The summed E-state index contributed by atoms with van der Waals surface area (Å²) in [5, 5.41) is 33.0.